The van der Waals surface area contributed by atoms with Crippen LogP contribution in [0.25, 0.3) is 17.9 Å². The van der Waals surface area contributed by atoms with Gasteiger partial charge in [-0.05, 0) is 29.8 Å². The van der Waals surface area contributed by atoms with E-state index in [9.17, 15) is 0 Å². The van der Waals surface area contributed by atoms with Gasteiger partial charge < -0.3 is 4.90 Å². The molecule has 0 saturated carbocycles. The van der Waals surface area contributed by atoms with E-state index in [0.29, 0.717) is 16.7 Å². The molecule has 6 nitrogen and oxygen atoms in total. The maximum atomic E-state index is 5.89. The molecule has 1 aromatic carbocycles. The molecule has 7 heteroatoms. The van der Waals surface area contributed by atoms with E-state index >= 15 is 0 Å². The lowest BCUT2D eigenvalue weighted by molar-refractivity contribution is 0.642. The van der Waals surface area contributed by atoms with Crippen molar-refractivity contribution in [3.63, 3.8) is 0 Å². The van der Waals surface area contributed by atoms with Gasteiger partial charge in [0.05, 0.1) is 12.0 Å². The summed E-state index contributed by atoms with van der Waals surface area (Å²) in [5.41, 5.74) is 1.91. The molecule has 0 aliphatic heterocycles. The number of rotatable bonds is 4. The van der Waals surface area contributed by atoms with Crippen LogP contribution in [0.15, 0.2) is 41.5 Å². The molecule has 0 radical (unpaired) electrons. The summed E-state index contributed by atoms with van der Waals surface area (Å²) in [4.78, 5) is 14.5. The quantitative estimate of drug-likeness (QED) is 0.546. The Bertz CT molecular complexity index is 864. The molecule has 0 bridgehead atoms. The van der Waals surface area contributed by atoms with E-state index in [-0.39, 0.29) is 0 Å². The van der Waals surface area contributed by atoms with Gasteiger partial charge in [-0.3, -0.25) is 0 Å². The highest BCUT2D eigenvalue weighted by atomic mass is 35.5. The Labute approximate surface area is 138 Å². The maximum absolute atomic E-state index is 5.89. The molecule has 2 heterocycles. The van der Waals surface area contributed by atoms with Crippen molar-refractivity contribution in [1.82, 2.24) is 24.5 Å². The fourth-order valence-corrected chi connectivity index (χ4v) is 2.03. The molecule has 0 aliphatic carbocycles. The van der Waals surface area contributed by atoms with Crippen LogP contribution in [0, 0.1) is 0 Å². The molecular weight excluding hydrogens is 312 g/mol. The average molecular weight is 327 g/mol. The highest BCUT2D eigenvalue weighted by molar-refractivity contribution is 6.30. The molecule has 0 spiro atoms. The summed E-state index contributed by atoms with van der Waals surface area (Å²) in [6, 6.07) is 9.48. The SMILES string of the molecule is CN(C)/C=N/c1nc2nccc(/C=C\c3ccc(Cl)cc3)n2n1. The van der Waals surface area contributed by atoms with E-state index in [2.05, 4.69) is 20.1 Å². The van der Waals surface area contributed by atoms with Crippen LogP contribution in [-0.2, 0) is 0 Å². The van der Waals surface area contributed by atoms with Gasteiger partial charge >= 0.3 is 0 Å². The second kappa shape index (κ2) is 6.58. The first kappa shape index (κ1) is 15.2. The highest BCUT2D eigenvalue weighted by Crippen LogP contribution is 2.14. The Morgan fingerprint density at radius 2 is 1.91 bits per heavy atom. The number of nitrogens with zero attached hydrogens (tertiary/aromatic N) is 6. The number of hydrogen-bond acceptors (Lipinski definition) is 4. The van der Waals surface area contributed by atoms with Crippen molar-refractivity contribution in [2.75, 3.05) is 14.1 Å². The fourth-order valence-electron chi connectivity index (χ4n) is 1.90. The first-order valence-corrected chi connectivity index (χ1v) is 7.36. The minimum absolute atomic E-state index is 0.374. The summed E-state index contributed by atoms with van der Waals surface area (Å²) in [6.45, 7) is 0. The van der Waals surface area contributed by atoms with Crippen molar-refractivity contribution < 1.29 is 0 Å². The van der Waals surface area contributed by atoms with Crippen molar-refractivity contribution in [2.45, 2.75) is 0 Å². The van der Waals surface area contributed by atoms with Crippen LogP contribution in [-0.4, -0.2) is 44.9 Å². The molecule has 3 rings (SSSR count). The zero-order valence-electron chi connectivity index (χ0n) is 12.8. The second-order valence-corrected chi connectivity index (χ2v) is 5.52. The van der Waals surface area contributed by atoms with Gasteiger partial charge in [-0.15, -0.1) is 5.10 Å². The summed E-state index contributed by atoms with van der Waals surface area (Å²) in [5, 5.41) is 5.07. The average Bonchev–Trinajstić information content (AvgIpc) is 2.96. The zero-order valence-corrected chi connectivity index (χ0v) is 13.5. The number of hydrogen-bond donors (Lipinski definition) is 0. The van der Waals surface area contributed by atoms with Crippen LogP contribution in [0.4, 0.5) is 5.95 Å². The molecule has 3 aromatic rings. The minimum Gasteiger partial charge on any atom is -0.369 e. The molecule has 0 saturated heterocycles. The standard InChI is InChI=1S/C16H15ClN6/c1-22(2)11-19-15-20-16-18-10-9-14(23(16)21-15)8-5-12-3-6-13(17)7-4-12/h3-11H,1-2H3/b8-5-,19-11+. The molecule has 0 unspecified atom stereocenters. The lowest BCUT2D eigenvalue weighted by atomic mass is 10.2. The second-order valence-electron chi connectivity index (χ2n) is 5.09. The summed E-state index contributed by atoms with van der Waals surface area (Å²) < 4.78 is 1.66. The van der Waals surface area contributed by atoms with Crippen LogP contribution >= 0.6 is 11.6 Å². The molecule has 116 valence electrons. The zero-order chi connectivity index (χ0) is 16.2. The van der Waals surface area contributed by atoms with Gasteiger partial charge in [-0.2, -0.15) is 9.50 Å². The third-order valence-electron chi connectivity index (χ3n) is 2.98. The fraction of sp³-hybridized carbons (Fsp3) is 0.125. The first-order valence-electron chi connectivity index (χ1n) is 6.98. The lowest BCUT2D eigenvalue weighted by Gasteiger charge is -1.99. The third kappa shape index (κ3) is 3.73. The predicted molar refractivity (Wildman–Crippen MR) is 93.0 cm³/mol. The van der Waals surface area contributed by atoms with Crippen molar-refractivity contribution in [1.29, 1.82) is 0 Å². The van der Waals surface area contributed by atoms with Crippen molar-refractivity contribution >= 4 is 41.8 Å². The van der Waals surface area contributed by atoms with E-state index in [0.717, 1.165) is 11.3 Å². The summed E-state index contributed by atoms with van der Waals surface area (Å²) in [5.74, 6) is 0.882. The van der Waals surface area contributed by atoms with Gasteiger partial charge in [0.25, 0.3) is 11.7 Å². The van der Waals surface area contributed by atoms with Gasteiger partial charge in [0.1, 0.15) is 0 Å². The van der Waals surface area contributed by atoms with E-state index in [1.165, 1.54) is 0 Å². The Kier molecular flexibility index (Phi) is 4.34. The van der Waals surface area contributed by atoms with Gasteiger partial charge in [0.15, 0.2) is 0 Å². The van der Waals surface area contributed by atoms with Gasteiger partial charge in [0, 0.05) is 25.3 Å². The summed E-state index contributed by atoms with van der Waals surface area (Å²) >= 11 is 5.89. The van der Waals surface area contributed by atoms with Crippen LogP contribution in [0.2, 0.25) is 5.02 Å². The van der Waals surface area contributed by atoms with Gasteiger partial charge in [-0.25, -0.2) is 9.98 Å². The normalized spacial score (nSPS) is 11.8. The Hall–Kier alpha value is -2.73. The third-order valence-corrected chi connectivity index (χ3v) is 3.23. The van der Waals surface area contributed by atoms with Crippen LogP contribution in [0.5, 0.6) is 0 Å². The minimum atomic E-state index is 0.374. The number of halogens is 1. The molecule has 2 aromatic heterocycles. The smallest absolute Gasteiger partial charge is 0.272 e. The molecule has 0 aliphatic rings. The molecule has 0 atom stereocenters. The number of aliphatic imine (C=N–C) groups is 1. The largest absolute Gasteiger partial charge is 0.369 e. The maximum Gasteiger partial charge on any atom is 0.272 e. The topological polar surface area (TPSA) is 58.7 Å². The Morgan fingerprint density at radius 3 is 2.65 bits per heavy atom. The Morgan fingerprint density at radius 1 is 1.13 bits per heavy atom. The lowest BCUT2D eigenvalue weighted by Crippen LogP contribution is -2.07. The van der Waals surface area contributed by atoms with E-state index < -0.39 is 0 Å². The van der Waals surface area contributed by atoms with Crippen LogP contribution in [0.3, 0.4) is 0 Å². The molecule has 0 N–H and O–H groups in total. The number of aromatic nitrogens is 4. The monoisotopic (exact) mass is 326 g/mol. The molecule has 23 heavy (non-hydrogen) atoms. The highest BCUT2D eigenvalue weighted by Gasteiger charge is 2.05. The van der Waals surface area contributed by atoms with E-state index in [1.54, 1.807) is 17.1 Å². The van der Waals surface area contributed by atoms with Gasteiger partial charge in [0.2, 0.25) is 0 Å². The number of benzene rings is 1. The van der Waals surface area contributed by atoms with Crippen molar-refractivity contribution in [2.24, 2.45) is 4.99 Å². The number of fused-ring (bicyclic) bond motifs is 1. The molecule has 0 amide bonds. The van der Waals surface area contributed by atoms with Crippen molar-refractivity contribution in [3.05, 3.63) is 52.8 Å². The first-order chi connectivity index (χ1) is 11.1. The molecule has 0 fully saturated rings. The van der Waals surface area contributed by atoms with Crippen LogP contribution < -0.4 is 0 Å². The van der Waals surface area contributed by atoms with Crippen molar-refractivity contribution in [3.8, 4) is 0 Å². The summed E-state index contributed by atoms with van der Waals surface area (Å²) in [7, 11) is 3.77. The Balaban J connectivity index is 1.92. The van der Waals surface area contributed by atoms with E-state index in [1.807, 2.05) is 61.5 Å². The van der Waals surface area contributed by atoms with Crippen LogP contribution in [0.1, 0.15) is 11.3 Å². The van der Waals surface area contributed by atoms with Gasteiger partial charge in [-0.1, -0.05) is 29.8 Å². The summed E-state index contributed by atoms with van der Waals surface area (Å²) in [6.07, 6.45) is 7.28. The van der Waals surface area contributed by atoms with E-state index in [4.69, 9.17) is 11.6 Å². The predicted octanol–water partition coefficient (Wildman–Crippen LogP) is 3.17. The molecular formula is C16H15ClN6.